The van der Waals surface area contributed by atoms with Crippen molar-refractivity contribution in [2.45, 2.75) is 43.0 Å². The Kier molecular flexibility index (Phi) is 7.03. The second kappa shape index (κ2) is 9.48. The number of carbonyl (C=O) groups is 2. The standard InChI is InChI=1S/C18H22N4O2S3/c1-12-7-5-6-10-14(12)19-16(24)20-15(23)11-26-17-21-22(18(25)27-17)13-8-3-2-4-9-13/h2-4,8-9,12,14H,5-7,10-11H2,1H3,(H2,19,20,23,24). The molecule has 144 valence electrons. The highest BCUT2D eigenvalue weighted by Crippen LogP contribution is 2.24. The van der Waals surface area contributed by atoms with Crippen LogP contribution in [0.4, 0.5) is 4.79 Å². The Labute approximate surface area is 171 Å². The second-order valence-electron chi connectivity index (χ2n) is 6.56. The number of para-hydroxylation sites is 1. The Bertz CT molecular complexity index is 850. The molecular formula is C18H22N4O2S3. The molecule has 2 unspecified atom stereocenters. The Morgan fingerprint density at radius 2 is 2.04 bits per heavy atom. The van der Waals surface area contributed by atoms with Gasteiger partial charge >= 0.3 is 6.03 Å². The molecule has 0 aliphatic heterocycles. The summed E-state index contributed by atoms with van der Waals surface area (Å²) in [6.45, 7) is 2.14. The molecule has 0 spiro atoms. The van der Waals surface area contributed by atoms with Crippen LogP contribution in [0.3, 0.4) is 0 Å². The first-order valence-electron chi connectivity index (χ1n) is 8.91. The number of imide groups is 1. The SMILES string of the molecule is CC1CCCCC1NC(=O)NC(=O)CSc1nn(-c2ccccc2)c(=S)s1. The molecule has 1 aromatic carbocycles. The Morgan fingerprint density at radius 3 is 2.78 bits per heavy atom. The van der Waals surface area contributed by atoms with Crippen molar-refractivity contribution in [3.05, 3.63) is 34.3 Å². The van der Waals surface area contributed by atoms with E-state index < -0.39 is 6.03 Å². The highest BCUT2D eigenvalue weighted by Gasteiger charge is 2.23. The first-order valence-corrected chi connectivity index (χ1v) is 11.1. The van der Waals surface area contributed by atoms with Crippen LogP contribution < -0.4 is 10.6 Å². The average Bonchev–Trinajstić information content (AvgIpc) is 3.03. The highest BCUT2D eigenvalue weighted by molar-refractivity contribution is 8.01. The van der Waals surface area contributed by atoms with Crippen LogP contribution in [-0.2, 0) is 4.79 Å². The van der Waals surface area contributed by atoms with Crippen molar-refractivity contribution in [3.63, 3.8) is 0 Å². The fraction of sp³-hybridized carbons (Fsp3) is 0.444. The maximum atomic E-state index is 12.1. The molecule has 1 fully saturated rings. The molecule has 9 heteroatoms. The van der Waals surface area contributed by atoms with Crippen molar-refractivity contribution < 1.29 is 9.59 Å². The topological polar surface area (TPSA) is 76.0 Å². The van der Waals surface area contributed by atoms with Crippen LogP contribution in [0.5, 0.6) is 0 Å². The molecule has 0 bridgehead atoms. The molecular weight excluding hydrogens is 400 g/mol. The van der Waals surface area contributed by atoms with Gasteiger partial charge in [0.1, 0.15) is 0 Å². The number of nitrogens with one attached hydrogen (secondary N) is 2. The number of carbonyl (C=O) groups excluding carboxylic acids is 2. The zero-order chi connectivity index (χ0) is 19.2. The van der Waals surface area contributed by atoms with Gasteiger partial charge in [-0.05, 0) is 43.1 Å². The van der Waals surface area contributed by atoms with Gasteiger partial charge in [0.2, 0.25) is 5.91 Å². The van der Waals surface area contributed by atoms with Crippen molar-refractivity contribution >= 4 is 47.3 Å². The predicted molar refractivity (Wildman–Crippen MR) is 111 cm³/mol. The molecule has 3 rings (SSSR count). The molecule has 1 aliphatic carbocycles. The number of rotatable bonds is 5. The lowest BCUT2D eigenvalue weighted by molar-refractivity contribution is -0.117. The molecule has 0 saturated heterocycles. The highest BCUT2D eigenvalue weighted by atomic mass is 32.2. The van der Waals surface area contributed by atoms with Crippen molar-refractivity contribution in [1.82, 2.24) is 20.4 Å². The number of amides is 3. The maximum absolute atomic E-state index is 12.1. The summed E-state index contributed by atoms with van der Waals surface area (Å²) in [6.07, 6.45) is 4.41. The maximum Gasteiger partial charge on any atom is 0.321 e. The molecule has 2 atom stereocenters. The molecule has 6 nitrogen and oxygen atoms in total. The lowest BCUT2D eigenvalue weighted by atomic mass is 9.86. The van der Waals surface area contributed by atoms with E-state index in [1.165, 1.54) is 29.5 Å². The monoisotopic (exact) mass is 422 g/mol. The Balaban J connectivity index is 1.49. The summed E-state index contributed by atoms with van der Waals surface area (Å²) in [4.78, 5) is 24.1. The van der Waals surface area contributed by atoms with Crippen LogP contribution in [0.1, 0.15) is 32.6 Å². The fourth-order valence-corrected chi connectivity index (χ4v) is 5.24. The van der Waals surface area contributed by atoms with Gasteiger partial charge in [0.15, 0.2) is 8.29 Å². The summed E-state index contributed by atoms with van der Waals surface area (Å²) in [6, 6.07) is 9.34. The van der Waals surface area contributed by atoms with Crippen LogP contribution in [0.25, 0.3) is 5.69 Å². The van der Waals surface area contributed by atoms with E-state index in [9.17, 15) is 9.59 Å². The third-order valence-corrected chi connectivity index (χ3v) is 6.90. The third kappa shape index (κ3) is 5.63. The minimum absolute atomic E-state index is 0.116. The van der Waals surface area contributed by atoms with Gasteiger partial charge in [-0.3, -0.25) is 10.1 Å². The van der Waals surface area contributed by atoms with Crippen LogP contribution >= 0.6 is 35.3 Å². The number of aromatic nitrogens is 2. The van der Waals surface area contributed by atoms with Gasteiger partial charge < -0.3 is 5.32 Å². The summed E-state index contributed by atoms with van der Waals surface area (Å²) < 4.78 is 2.99. The number of benzene rings is 1. The molecule has 27 heavy (non-hydrogen) atoms. The van der Waals surface area contributed by atoms with Crippen LogP contribution in [-0.4, -0.2) is 33.5 Å². The smallest absolute Gasteiger partial charge is 0.321 e. The first kappa shape index (κ1) is 20.0. The predicted octanol–water partition coefficient (Wildman–Crippen LogP) is 4.16. The fourth-order valence-electron chi connectivity index (χ4n) is 3.08. The summed E-state index contributed by atoms with van der Waals surface area (Å²) in [7, 11) is 0. The molecule has 1 aliphatic rings. The van der Waals surface area contributed by atoms with Crippen molar-refractivity contribution in [3.8, 4) is 5.69 Å². The minimum Gasteiger partial charge on any atom is -0.335 e. The van der Waals surface area contributed by atoms with Gasteiger partial charge in [0.05, 0.1) is 11.4 Å². The minimum atomic E-state index is -0.415. The van der Waals surface area contributed by atoms with Gasteiger partial charge in [-0.15, -0.1) is 5.10 Å². The lowest BCUT2D eigenvalue weighted by Crippen LogP contribution is -2.48. The summed E-state index contributed by atoms with van der Waals surface area (Å²) in [5.41, 5.74) is 0.885. The third-order valence-electron chi connectivity index (χ3n) is 4.54. The molecule has 0 radical (unpaired) electrons. The lowest BCUT2D eigenvalue weighted by Gasteiger charge is -2.29. The van der Waals surface area contributed by atoms with Crippen molar-refractivity contribution in [1.29, 1.82) is 0 Å². The van der Waals surface area contributed by atoms with Gasteiger partial charge in [0.25, 0.3) is 0 Å². The summed E-state index contributed by atoms with van der Waals surface area (Å²) in [5.74, 6) is 0.224. The summed E-state index contributed by atoms with van der Waals surface area (Å²) in [5, 5.41) is 9.77. The van der Waals surface area contributed by atoms with Gasteiger partial charge in [-0.2, -0.15) is 0 Å². The first-order chi connectivity index (χ1) is 13.0. The van der Waals surface area contributed by atoms with Gasteiger partial charge in [-0.25, -0.2) is 9.48 Å². The van der Waals surface area contributed by atoms with E-state index >= 15 is 0 Å². The number of hydrogen-bond donors (Lipinski definition) is 2. The zero-order valence-electron chi connectivity index (χ0n) is 15.0. The van der Waals surface area contributed by atoms with E-state index in [-0.39, 0.29) is 17.7 Å². The number of hydrogen-bond acceptors (Lipinski definition) is 6. The van der Waals surface area contributed by atoms with Gasteiger partial charge in [-0.1, -0.05) is 61.1 Å². The Hall–Kier alpha value is -1.71. The molecule has 2 aromatic rings. The zero-order valence-corrected chi connectivity index (χ0v) is 17.5. The molecule has 1 aromatic heterocycles. The van der Waals surface area contributed by atoms with E-state index in [0.29, 0.717) is 14.2 Å². The molecule has 1 heterocycles. The largest absolute Gasteiger partial charge is 0.335 e. The molecule has 2 N–H and O–H groups in total. The Morgan fingerprint density at radius 1 is 1.30 bits per heavy atom. The van der Waals surface area contributed by atoms with Crippen LogP contribution in [0.2, 0.25) is 0 Å². The summed E-state index contributed by atoms with van der Waals surface area (Å²) >= 11 is 7.97. The van der Waals surface area contributed by atoms with Crippen LogP contribution in [0.15, 0.2) is 34.7 Å². The van der Waals surface area contributed by atoms with E-state index in [1.807, 2.05) is 30.3 Å². The molecule has 3 amide bonds. The number of urea groups is 1. The van der Waals surface area contributed by atoms with E-state index in [4.69, 9.17) is 12.2 Å². The van der Waals surface area contributed by atoms with Crippen LogP contribution in [0, 0.1) is 9.87 Å². The van der Waals surface area contributed by atoms with Crippen molar-refractivity contribution in [2.75, 3.05) is 5.75 Å². The normalized spacial score (nSPS) is 19.4. The number of thioether (sulfide) groups is 1. The van der Waals surface area contributed by atoms with Crippen molar-refractivity contribution in [2.24, 2.45) is 5.92 Å². The second-order valence-corrected chi connectivity index (χ2v) is 9.40. The quantitative estimate of drug-likeness (QED) is 0.559. The van der Waals surface area contributed by atoms with Gasteiger partial charge in [0, 0.05) is 6.04 Å². The van der Waals surface area contributed by atoms with E-state index in [2.05, 4.69) is 22.7 Å². The van der Waals surface area contributed by atoms with E-state index in [1.54, 1.807) is 4.68 Å². The molecule has 1 saturated carbocycles. The van der Waals surface area contributed by atoms with E-state index in [0.717, 1.165) is 24.9 Å². The number of nitrogens with zero attached hydrogens (tertiary/aromatic N) is 2. The average molecular weight is 423 g/mol.